The fourth-order valence-electron chi connectivity index (χ4n) is 4.18. The highest BCUT2D eigenvalue weighted by molar-refractivity contribution is 8.05. The zero-order chi connectivity index (χ0) is 20.5. The zero-order valence-electron chi connectivity index (χ0n) is 15.5. The number of benzene rings is 1. The first kappa shape index (κ1) is 20.0. The van der Waals surface area contributed by atoms with E-state index in [4.69, 9.17) is 12.2 Å². The summed E-state index contributed by atoms with van der Waals surface area (Å²) in [5.74, 6) is -2.47. The van der Waals surface area contributed by atoms with Crippen molar-refractivity contribution < 1.29 is 19.5 Å². The Hall–Kier alpha value is -2.29. The molecule has 4 rings (SSSR count). The number of nitrogens with zero attached hydrogens (tertiary/aromatic N) is 1. The third kappa shape index (κ3) is 3.92. The van der Waals surface area contributed by atoms with E-state index in [1.54, 1.807) is 17.0 Å². The van der Waals surface area contributed by atoms with Gasteiger partial charge in [0.05, 0.1) is 11.6 Å². The van der Waals surface area contributed by atoms with Crippen molar-refractivity contribution in [2.75, 3.05) is 6.54 Å². The number of fused-ring (bicyclic) bond motifs is 1. The molecule has 1 aliphatic carbocycles. The second-order valence-corrected chi connectivity index (χ2v) is 8.74. The first-order valence-corrected chi connectivity index (χ1v) is 10.7. The molecular formula is C21H20N2O4S2. The standard InChI is InChI=1S/C21H20N2O4S2/c24-17(9-12-7-13-3-1-2-4-14(13)8-12)23-5-6-29-11-15(23)20(25)18-16(28)10-22-19(18)21(26)27/h1-6,11-12,18-19,22H,7-10H2,(H,26,27)/t18?,19-/m0/s1. The molecule has 2 atom stereocenters. The number of carboxylic acid groups (broad SMARTS) is 1. The molecule has 0 saturated carbocycles. The average molecular weight is 429 g/mol. The van der Waals surface area contributed by atoms with E-state index in [2.05, 4.69) is 17.4 Å². The first-order valence-electron chi connectivity index (χ1n) is 9.40. The van der Waals surface area contributed by atoms with Crippen molar-refractivity contribution >= 4 is 46.5 Å². The fourth-order valence-corrected chi connectivity index (χ4v) is 5.14. The predicted molar refractivity (Wildman–Crippen MR) is 114 cm³/mol. The SMILES string of the molecule is O=C(C1=CSC=CN1C(=O)CC1Cc2ccccc2C1)C1C(=S)CN[C@@H]1C(=O)O. The van der Waals surface area contributed by atoms with E-state index < -0.39 is 23.7 Å². The second kappa shape index (κ2) is 8.22. The molecule has 1 saturated heterocycles. The summed E-state index contributed by atoms with van der Waals surface area (Å²) in [4.78, 5) is 39.4. The van der Waals surface area contributed by atoms with Gasteiger partial charge < -0.3 is 5.11 Å². The van der Waals surface area contributed by atoms with E-state index in [0.717, 1.165) is 12.8 Å². The number of aliphatic carboxylic acids is 1. The lowest BCUT2D eigenvalue weighted by molar-refractivity contribution is -0.141. The van der Waals surface area contributed by atoms with Crippen LogP contribution in [0.15, 0.2) is 47.0 Å². The van der Waals surface area contributed by atoms with E-state index in [9.17, 15) is 19.5 Å². The number of rotatable bonds is 5. The van der Waals surface area contributed by atoms with Crippen LogP contribution in [-0.2, 0) is 27.2 Å². The number of amides is 1. The van der Waals surface area contributed by atoms with Gasteiger partial charge in [0.25, 0.3) is 0 Å². The summed E-state index contributed by atoms with van der Waals surface area (Å²) in [5, 5.41) is 15.5. The highest BCUT2D eigenvalue weighted by Crippen LogP contribution is 2.32. The lowest BCUT2D eigenvalue weighted by Crippen LogP contribution is -2.43. The maximum atomic E-state index is 13.2. The van der Waals surface area contributed by atoms with E-state index in [1.165, 1.54) is 27.8 Å². The molecule has 1 aromatic rings. The highest BCUT2D eigenvalue weighted by Gasteiger charge is 2.44. The number of carbonyl (C=O) groups excluding carboxylic acids is 2. The molecule has 0 radical (unpaired) electrons. The fraction of sp³-hybridized carbons (Fsp3) is 0.333. The Morgan fingerprint density at radius 2 is 1.90 bits per heavy atom. The maximum Gasteiger partial charge on any atom is 0.321 e. The molecular weight excluding hydrogens is 408 g/mol. The van der Waals surface area contributed by atoms with Crippen LogP contribution in [0.5, 0.6) is 0 Å². The van der Waals surface area contributed by atoms with Gasteiger partial charge in [-0.05, 0) is 35.3 Å². The van der Waals surface area contributed by atoms with Crippen LogP contribution in [0.1, 0.15) is 17.5 Å². The minimum atomic E-state index is -1.12. The van der Waals surface area contributed by atoms with E-state index in [0.29, 0.717) is 11.3 Å². The van der Waals surface area contributed by atoms with E-state index in [-0.39, 0.29) is 24.1 Å². The second-order valence-electron chi connectivity index (χ2n) is 7.44. The Morgan fingerprint density at radius 3 is 2.55 bits per heavy atom. The molecule has 1 aromatic carbocycles. The number of carboxylic acids is 1. The van der Waals surface area contributed by atoms with Gasteiger partial charge in [-0.25, -0.2) is 0 Å². The number of thiocarbonyl (C=S) groups is 1. The molecule has 0 aromatic heterocycles. The van der Waals surface area contributed by atoms with Crippen molar-refractivity contribution in [2.45, 2.75) is 25.3 Å². The zero-order valence-corrected chi connectivity index (χ0v) is 17.2. The normalized spacial score (nSPS) is 23.8. The summed E-state index contributed by atoms with van der Waals surface area (Å²) in [7, 11) is 0. The molecule has 6 nitrogen and oxygen atoms in total. The minimum absolute atomic E-state index is 0.164. The van der Waals surface area contributed by atoms with Crippen molar-refractivity contribution in [1.82, 2.24) is 10.2 Å². The van der Waals surface area contributed by atoms with Crippen molar-refractivity contribution in [3.8, 4) is 0 Å². The third-order valence-electron chi connectivity index (χ3n) is 5.57. The van der Waals surface area contributed by atoms with Crippen LogP contribution in [-0.4, -0.2) is 45.1 Å². The van der Waals surface area contributed by atoms with Gasteiger partial charge in [-0.2, -0.15) is 0 Å². The van der Waals surface area contributed by atoms with Gasteiger partial charge in [0, 0.05) is 29.4 Å². The van der Waals surface area contributed by atoms with E-state index >= 15 is 0 Å². The summed E-state index contributed by atoms with van der Waals surface area (Å²) in [6.45, 7) is 0.202. The molecule has 8 heteroatoms. The molecule has 2 heterocycles. The quantitative estimate of drug-likeness (QED) is 0.696. The van der Waals surface area contributed by atoms with Crippen molar-refractivity contribution in [1.29, 1.82) is 0 Å². The summed E-state index contributed by atoms with van der Waals surface area (Å²) in [6.07, 6.45) is 3.60. The Morgan fingerprint density at radius 1 is 1.21 bits per heavy atom. The predicted octanol–water partition coefficient (Wildman–Crippen LogP) is 2.29. The monoisotopic (exact) mass is 428 g/mol. The van der Waals surface area contributed by atoms with Crippen molar-refractivity contribution in [3.05, 3.63) is 58.1 Å². The van der Waals surface area contributed by atoms with Gasteiger partial charge in [0.15, 0.2) is 5.78 Å². The average Bonchev–Trinajstić information content (AvgIpc) is 3.30. The number of nitrogens with one attached hydrogen (secondary N) is 1. The van der Waals surface area contributed by atoms with Gasteiger partial charge in [0.2, 0.25) is 5.91 Å². The van der Waals surface area contributed by atoms with Crippen LogP contribution in [0, 0.1) is 11.8 Å². The van der Waals surface area contributed by atoms with Crippen molar-refractivity contribution in [3.63, 3.8) is 0 Å². The van der Waals surface area contributed by atoms with Crippen LogP contribution in [0.25, 0.3) is 0 Å². The van der Waals surface area contributed by atoms with Gasteiger partial charge in [0.1, 0.15) is 6.04 Å². The summed E-state index contributed by atoms with van der Waals surface area (Å²) >= 11 is 6.53. The van der Waals surface area contributed by atoms with Crippen LogP contribution < -0.4 is 5.32 Å². The smallest absolute Gasteiger partial charge is 0.321 e. The topological polar surface area (TPSA) is 86.7 Å². The molecule has 1 unspecified atom stereocenters. The number of allylic oxidation sites excluding steroid dienone is 1. The van der Waals surface area contributed by atoms with Gasteiger partial charge in [-0.3, -0.25) is 24.6 Å². The summed E-state index contributed by atoms with van der Waals surface area (Å²) < 4.78 is 0. The molecule has 0 spiro atoms. The van der Waals surface area contributed by atoms with Crippen LogP contribution in [0.3, 0.4) is 0 Å². The largest absolute Gasteiger partial charge is 0.480 e. The van der Waals surface area contributed by atoms with Crippen LogP contribution in [0.2, 0.25) is 0 Å². The number of ketones is 1. The molecule has 150 valence electrons. The van der Waals surface area contributed by atoms with Gasteiger partial charge in [-0.1, -0.05) is 36.5 Å². The Balaban J connectivity index is 1.49. The molecule has 29 heavy (non-hydrogen) atoms. The highest BCUT2D eigenvalue weighted by atomic mass is 32.2. The Labute approximate surface area is 178 Å². The third-order valence-corrected chi connectivity index (χ3v) is 6.61. The molecule has 1 fully saturated rings. The Kier molecular flexibility index (Phi) is 5.67. The first-order chi connectivity index (χ1) is 14.0. The maximum absolute atomic E-state index is 13.2. The minimum Gasteiger partial charge on any atom is -0.480 e. The lowest BCUT2D eigenvalue weighted by atomic mass is 9.93. The summed E-state index contributed by atoms with van der Waals surface area (Å²) in [5.41, 5.74) is 2.74. The van der Waals surface area contributed by atoms with Crippen LogP contribution >= 0.6 is 24.0 Å². The number of thioether (sulfide) groups is 1. The molecule has 2 N–H and O–H groups in total. The van der Waals surface area contributed by atoms with E-state index in [1.807, 2.05) is 12.1 Å². The molecule has 2 aliphatic heterocycles. The van der Waals surface area contributed by atoms with Gasteiger partial charge >= 0.3 is 5.97 Å². The summed E-state index contributed by atoms with van der Waals surface area (Å²) in [6, 6.07) is 7.13. The van der Waals surface area contributed by atoms with Gasteiger partial charge in [-0.15, -0.1) is 11.8 Å². The van der Waals surface area contributed by atoms with Crippen LogP contribution in [0.4, 0.5) is 0 Å². The lowest BCUT2D eigenvalue weighted by Gasteiger charge is -2.26. The molecule has 0 bridgehead atoms. The number of Topliss-reactive ketones (excluding diaryl/α,β-unsaturated/α-hetero) is 1. The number of hydrogen-bond acceptors (Lipinski definition) is 6. The van der Waals surface area contributed by atoms with Crippen molar-refractivity contribution in [2.24, 2.45) is 11.8 Å². The Bertz CT molecular complexity index is 931. The number of carbonyl (C=O) groups is 3. The number of hydrogen-bond donors (Lipinski definition) is 2. The molecule has 3 aliphatic rings. The molecule has 1 amide bonds.